The molecule has 0 spiro atoms. The van der Waals surface area contributed by atoms with Crippen LogP contribution in [0.4, 0.5) is 5.69 Å². The number of pyridine rings is 1. The molecule has 0 saturated carbocycles. The zero-order chi connectivity index (χ0) is 14.2. The molecule has 1 aromatic heterocycles. The molecule has 0 aliphatic carbocycles. The number of hydrogen-bond donors (Lipinski definition) is 2. The highest BCUT2D eigenvalue weighted by molar-refractivity contribution is 7.80. The third-order valence-corrected chi connectivity index (χ3v) is 2.78. The SMILES string of the molecule is C[C@H](COc1ccccc1)NC(=S)Nc1ccncc1. The summed E-state index contributed by atoms with van der Waals surface area (Å²) < 4.78 is 5.66. The van der Waals surface area contributed by atoms with Crippen molar-refractivity contribution >= 4 is 23.0 Å². The molecule has 1 heterocycles. The maximum absolute atomic E-state index is 5.66. The number of rotatable bonds is 5. The van der Waals surface area contributed by atoms with Gasteiger partial charge in [-0.2, -0.15) is 0 Å². The van der Waals surface area contributed by atoms with Gasteiger partial charge < -0.3 is 15.4 Å². The summed E-state index contributed by atoms with van der Waals surface area (Å²) in [6.07, 6.45) is 3.43. The minimum absolute atomic E-state index is 0.108. The molecule has 0 aliphatic rings. The van der Waals surface area contributed by atoms with Gasteiger partial charge in [-0.15, -0.1) is 0 Å². The van der Waals surface area contributed by atoms with Gasteiger partial charge in [0.2, 0.25) is 0 Å². The highest BCUT2D eigenvalue weighted by atomic mass is 32.1. The summed E-state index contributed by atoms with van der Waals surface area (Å²) in [5.74, 6) is 0.856. The van der Waals surface area contributed by atoms with E-state index in [1.807, 2.05) is 49.4 Å². The van der Waals surface area contributed by atoms with Gasteiger partial charge in [-0.3, -0.25) is 4.98 Å². The Morgan fingerprint density at radius 2 is 1.90 bits per heavy atom. The van der Waals surface area contributed by atoms with Crippen molar-refractivity contribution in [2.45, 2.75) is 13.0 Å². The van der Waals surface area contributed by atoms with Crippen molar-refractivity contribution in [2.75, 3.05) is 11.9 Å². The molecule has 0 aliphatic heterocycles. The van der Waals surface area contributed by atoms with Crippen LogP contribution in [0.25, 0.3) is 0 Å². The smallest absolute Gasteiger partial charge is 0.171 e. The first-order valence-corrected chi connectivity index (χ1v) is 6.80. The first-order chi connectivity index (χ1) is 9.74. The lowest BCUT2D eigenvalue weighted by Gasteiger charge is -2.17. The molecule has 20 heavy (non-hydrogen) atoms. The summed E-state index contributed by atoms with van der Waals surface area (Å²) >= 11 is 5.24. The second-order valence-electron chi connectivity index (χ2n) is 4.36. The molecule has 2 N–H and O–H groups in total. The number of ether oxygens (including phenoxy) is 1. The van der Waals surface area contributed by atoms with Crippen LogP contribution in [0.2, 0.25) is 0 Å². The number of para-hydroxylation sites is 1. The van der Waals surface area contributed by atoms with Crippen molar-refractivity contribution in [2.24, 2.45) is 0 Å². The first kappa shape index (κ1) is 14.3. The molecule has 5 heteroatoms. The molecular formula is C15H17N3OS. The Morgan fingerprint density at radius 3 is 2.60 bits per heavy atom. The summed E-state index contributed by atoms with van der Waals surface area (Å²) in [6.45, 7) is 2.56. The van der Waals surface area contributed by atoms with Crippen LogP contribution in [0.1, 0.15) is 6.92 Å². The number of nitrogens with one attached hydrogen (secondary N) is 2. The van der Waals surface area contributed by atoms with Crippen LogP contribution in [0.15, 0.2) is 54.9 Å². The third-order valence-electron chi connectivity index (χ3n) is 2.56. The number of anilines is 1. The Kier molecular flexibility index (Phi) is 5.32. The number of thiocarbonyl (C=S) groups is 1. The maximum atomic E-state index is 5.66. The van der Waals surface area contributed by atoms with Gasteiger partial charge in [0.1, 0.15) is 12.4 Å². The van der Waals surface area contributed by atoms with E-state index in [4.69, 9.17) is 17.0 Å². The van der Waals surface area contributed by atoms with Crippen molar-refractivity contribution in [3.63, 3.8) is 0 Å². The van der Waals surface area contributed by atoms with Gasteiger partial charge in [0, 0.05) is 18.1 Å². The van der Waals surface area contributed by atoms with E-state index >= 15 is 0 Å². The highest BCUT2D eigenvalue weighted by Gasteiger charge is 2.05. The zero-order valence-electron chi connectivity index (χ0n) is 11.2. The molecule has 2 rings (SSSR count). The quantitative estimate of drug-likeness (QED) is 0.828. The van der Waals surface area contributed by atoms with Crippen LogP contribution in [0, 0.1) is 0 Å². The molecule has 2 aromatic rings. The monoisotopic (exact) mass is 287 g/mol. The molecule has 4 nitrogen and oxygen atoms in total. The molecule has 0 bridgehead atoms. The first-order valence-electron chi connectivity index (χ1n) is 6.39. The van der Waals surface area contributed by atoms with E-state index in [1.54, 1.807) is 12.4 Å². The Balaban J connectivity index is 1.74. The van der Waals surface area contributed by atoms with Crippen LogP contribution in [-0.4, -0.2) is 22.7 Å². The largest absolute Gasteiger partial charge is 0.491 e. The fraction of sp³-hybridized carbons (Fsp3) is 0.200. The predicted molar refractivity (Wildman–Crippen MR) is 85.0 cm³/mol. The maximum Gasteiger partial charge on any atom is 0.171 e. The third kappa shape index (κ3) is 4.85. The van der Waals surface area contributed by atoms with Crippen molar-refractivity contribution < 1.29 is 4.74 Å². The topological polar surface area (TPSA) is 46.2 Å². The lowest BCUT2D eigenvalue weighted by atomic mass is 10.3. The molecule has 0 saturated heterocycles. The van der Waals surface area contributed by atoms with Gasteiger partial charge in [0.15, 0.2) is 5.11 Å². The summed E-state index contributed by atoms with van der Waals surface area (Å²) in [5.41, 5.74) is 0.911. The standard InChI is InChI=1S/C15H17N3OS/c1-12(11-19-14-5-3-2-4-6-14)17-15(20)18-13-7-9-16-10-8-13/h2-10,12H,11H2,1H3,(H2,16,17,18,20)/t12-/m1/s1. The van der Waals surface area contributed by atoms with Crippen molar-refractivity contribution in [1.82, 2.24) is 10.3 Å². The molecule has 104 valence electrons. The summed E-state index contributed by atoms with van der Waals surface area (Å²) in [7, 11) is 0. The molecule has 0 amide bonds. The van der Waals surface area contributed by atoms with Gasteiger partial charge in [-0.25, -0.2) is 0 Å². The zero-order valence-corrected chi connectivity index (χ0v) is 12.1. The van der Waals surface area contributed by atoms with Crippen molar-refractivity contribution in [3.05, 3.63) is 54.9 Å². The minimum atomic E-state index is 0.108. The minimum Gasteiger partial charge on any atom is -0.491 e. The van der Waals surface area contributed by atoms with Crippen LogP contribution >= 0.6 is 12.2 Å². The van der Waals surface area contributed by atoms with E-state index in [2.05, 4.69) is 15.6 Å². The van der Waals surface area contributed by atoms with E-state index in [0.717, 1.165) is 11.4 Å². The number of nitrogens with zero attached hydrogens (tertiary/aromatic N) is 1. The van der Waals surface area contributed by atoms with Crippen molar-refractivity contribution in [3.8, 4) is 5.75 Å². The van der Waals surface area contributed by atoms with E-state index in [-0.39, 0.29) is 6.04 Å². The fourth-order valence-electron chi connectivity index (χ4n) is 1.61. The summed E-state index contributed by atoms with van der Waals surface area (Å²) in [4.78, 5) is 3.95. The Hall–Kier alpha value is -2.14. The normalized spacial score (nSPS) is 11.4. The van der Waals surface area contributed by atoms with Crippen LogP contribution in [0.5, 0.6) is 5.75 Å². The number of hydrogen-bond acceptors (Lipinski definition) is 3. The number of benzene rings is 1. The number of aromatic nitrogens is 1. The second kappa shape index (κ2) is 7.45. The van der Waals surface area contributed by atoms with E-state index in [9.17, 15) is 0 Å². The molecule has 0 fully saturated rings. The van der Waals surface area contributed by atoms with Crippen LogP contribution < -0.4 is 15.4 Å². The van der Waals surface area contributed by atoms with Crippen LogP contribution in [-0.2, 0) is 0 Å². The predicted octanol–water partition coefficient (Wildman–Crippen LogP) is 2.84. The van der Waals surface area contributed by atoms with Gasteiger partial charge in [-0.05, 0) is 43.4 Å². The second-order valence-corrected chi connectivity index (χ2v) is 4.77. The highest BCUT2D eigenvalue weighted by Crippen LogP contribution is 2.08. The van der Waals surface area contributed by atoms with Crippen LogP contribution in [0.3, 0.4) is 0 Å². The van der Waals surface area contributed by atoms with Gasteiger partial charge in [-0.1, -0.05) is 18.2 Å². The fourth-order valence-corrected chi connectivity index (χ4v) is 1.92. The summed E-state index contributed by atoms with van der Waals surface area (Å²) in [5, 5.41) is 6.84. The van der Waals surface area contributed by atoms with Gasteiger partial charge in [0.05, 0.1) is 6.04 Å². The molecule has 0 unspecified atom stereocenters. The molecule has 0 radical (unpaired) electrons. The lowest BCUT2D eigenvalue weighted by Crippen LogP contribution is -2.39. The molecule has 1 atom stereocenters. The Labute approximate surface area is 124 Å². The van der Waals surface area contributed by atoms with E-state index in [1.165, 1.54) is 0 Å². The van der Waals surface area contributed by atoms with E-state index in [0.29, 0.717) is 11.7 Å². The molecular weight excluding hydrogens is 270 g/mol. The Bertz CT molecular complexity index is 533. The Morgan fingerprint density at radius 1 is 1.20 bits per heavy atom. The summed E-state index contributed by atoms with van der Waals surface area (Å²) in [6, 6.07) is 13.5. The average Bonchev–Trinajstić information content (AvgIpc) is 2.47. The van der Waals surface area contributed by atoms with Gasteiger partial charge >= 0.3 is 0 Å². The lowest BCUT2D eigenvalue weighted by molar-refractivity contribution is 0.287. The van der Waals surface area contributed by atoms with Crippen molar-refractivity contribution in [1.29, 1.82) is 0 Å². The van der Waals surface area contributed by atoms with Gasteiger partial charge in [0.25, 0.3) is 0 Å². The molecule has 1 aromatic carbocycles. The average molecular weight is 287 g/mol. The van der Waals surface area contributed by atoms with E-state index < -0.39 is 0 Å².